The second-order valence-electron chi connectivity index (χ2n) is 2.95. The summed E-state index contributed by atoms with van der Waals surface area (Å²) in [5, 5.41) is 0. The van der Waals surface area contributed by atoms with E-state index in [1.165, 1.54) is 12.5 Å². The molecule has 0 saturated carbocycles. The molecule has 80 valence electrons. The Labute approximate surface area is 90.6 Å². The van der Waals surface area contributed by atoms with Crippen molar-refractivity contribution in [1.82, 2.24) is 19.9 Å². The first-order chi connectivity index (χ1) is 7.68. The van der Waals surface area contributed by atoms with Gasteiger partial charge in [-0.25, -0.2) is 19.9 Å². The summed E-state index contributed by atoms with van der Waals surface area (Å²) in [4.78, 5) is 26.5. The van der Waals surface area contributed by atoms with Gasteiger partial charge in [0.15, 0.2) is 5.82 Å². The number of hydrogen-bond acceptors (Lipinski definition) is 6. The van der Waals surface area contributed by atoms with Gasteiger partial charge < -0.3 is 11.5 Å². The SMILES string of the molecule is NC(=O)c1cnc(-c2ccncn2)nc1N. The summed E-state index contributed by atoms with van der Waals surface area (Å²) >= 11 is 0. The van der Waals surface area contributed by atoms with E-state index in [-0.39, 0.29) is 11.4 Å². The number of carbonyl (C=O) groups is 1. The molecule has 1 amide bonds. The van der Waals surface area contributed by atoms with E-state index in [1.807, 2.05) is 0 Å². The molecule has 7 heteroatoms. The van der Waals surface area contributed by atoms with Crippen LogP contribution in [0.15, 0.2) is 24.8 Å². The van der Waals surface area contributed by atoms with Crippen molar-refractivity contribution in [2.24, 2.45) is 5.73 Å². The van der Waals surface area contributed by atoms with Gasteiger partial charge in [0.1, 0.15) is 17.8 Å². The molecule has 0 radical (unpaired) electrons. The van der Waals surface area contributed by atoms with Crippen LogP contribution in [0.4, 0.5) is 5.82 Å². The molecule has 0 aliphatic heterocycles. The number of aromatic nitrogens is 4. The maximum atomic E-state index is 10.9. The van der Waals surface area contributed by atoms with Gasteiger partial charge in [0.05, 0.1) is 5.56 Å². The highest BCUT2D eigenvalue weighted by atomic mass is 16.1. The van der Waals surface area contributed by atoms with Crippen molar-refractivity contribution in [3.05, 3.63) is 30.4 Å². The molecule has 0 saturated heterocycles. The normalized spacial score (nSPS) is 10.0. The molecular formula is C9H8N6O. The Kier molecular flexibility index (Phi) is 2.42. The number of hydrogen-bond donors (Lipinski definition) is 2. The Morgan fingerprint density at radius 2 is 2.12 bits per heavy atom. The molecule has 0 spiro atoms. The molecule has 0 unspecified atom stereocenters. The number of amides is 1. The van der Waals surface area contributed by atoms with E-state index in [0.29, 0.717) is 11.5 Å². The first-order valence-electron chi connectivity index (χ1n) is 4.37. The highest BCUT2D eigenvalue weighted by molar-refractivity contribution is 5.96. The van der Waals surface area contributed by atoms with Crippen molar-refractivity contribution in [3.8, 4) is 11.5 Å². The fraction of sp³-hybridized carbons (Fsp3) is 0. The molecule has 7 nitrogen and oxygen atoms in total. The zero-order valence-corrected chi connectivity index (χ0v) is 8.16. The number of primary amides is 1. The maximum Gasteiger partial charge on any atom is 0.254 e. The van der Waals surface area contributed by atoms with Crippen LogP contribution in [0.3, 0.4) is 0 Å². The van der Waals surface area contributed by atoms with Gasteiger partial charge in [-0.3, -0.25) is 4.79 Å². The van der Waals surface area contributed by atoms with Crippen molar-refractivity contribution in [2.45, 2.75) is 0 Å². The Bertz CT molecular complexity index is 527. The molecule has 4 N–H and O–H groups in total. The lowest BCUT2D eigenvalue weighted by molar-refractivity contribution is 0.100. The zero-order chi connectivity index (χ0) is 11.5. The van der Waals surface area contributed by atoms with Crippen molar-refractivity contribution in [3.63, 3.8) is 0 Å². The van der Waals surface area contributed by atoms with Crippen LogP contribution in [0.25, 0.3) is 11.5 Å². The summed E-state index contributed by atoms with van der Waals surface area (Å²) in [5.41, 5.74) is 11.3. The summed E-state index contributed by atoms with van der Waals surface area (Å²) in [6.07, 6.45) is 4.21. The average Bonchev–Trinajstić information content (AvgIpc) is 2.29. The summed E-state index contributed by atoms with van der Waals surface area (Å²) in [6.45, 7) is 0. The molecule has 2 aromatic rings. The van der Waals surface area contributed by atoms with E-state index in [4.69, 9.17) is 11.5 Å². The maximum absolute atomic E-state index is 10.9. The number of nitrogens with two attached hydrogens (primary N) is 2. The minimum Gasteiger partial charge on any atom is -0.383 e. The smallest absolute Gasteiger partial charge is 0.254 e. The third-order valence-electron chi connectivity index (χ3n) is 1.89. The highest BCUT2D eigenvalue weighted by Gasteiger charge is 2.10. The number of rotatable bonds is 2. The summed E-state index contributed by atoms with van der Waals surface area (Å²) in [5.74, 6) is -0.298. The van der Waals surface area contributed by atoms with Gasteiger partial charge in [0.25, 0.3) is 5.91 Å². The number of carbonyl (C=O) groups excluding carboxylic acids is 1. The highest BCUT2D eigenvalue weighted by Crippen LogP contribution is 2.13. The van der Waals surface area contributed by atoms with Crippen molar-refractivity contribution in [2.75, 3.05) is 5.73 Å². The molecule has 0 fully saturated rings. The van der Waals surface area contributed by atoms with Crippen molar-refractivity contribution in [1.29, 1.82) is 0 Å². The molecule has 0 aromatic carbocycles. The Morgan fingerprint density at radius 3 is 2.69 bits per heavy atom. The third-order valence-corrected chi connectivity index (χ3v) is 1.89. The van der Waals surface area contributed by atoms with Crippen LogP contribution in [0.5, 0.6) is 0 Å². The van der Waals surface area contributed by atoms with E-state index >= 15 is 0 Å². The largest absolute Gasteiger partial charge is 0.383 e. The van der Waals surface area contributed by atoms with Gasteiger partial charge in [-0.1, -0.05) is 0 Å². The monoisotopic (exact) mass is 216 g/mol. The number of anilines is 1. The lowest BCUT2D eigenvalue weighted by Crippen LogP contribution is -2.15. The fourth-order valence-corrected chi connectivity index (χ4v) is 1.13. The molecule has 0 aliphatic carbocycles. The second-order valence-corrected chi connectivity index (χ2v) is 2.95. The van der Waals surface area contributed by atoms with Crippen LogP contribution in [0.1, 0.15) is 10.4 Å². The summed E-state index contributed by atoms with van der Waals surface area (Å²) in [6, 6.07) is 1.64. The second kappa shape index (κ2) is 3.89. The standard InChI is InChI=1S/C9H8N6O/c10-7-5(8(11)16)3-13-9(15-7)6-1-2-12-4-14-6/h1-4H,(H2,11,16)(H2,10,13,15). The molecule has 0 bridgehead atoms. The molecule has 0 atom stereocenters. The van der Waals surface area contributed by atoms with Crippen LogP contribution >= 0.6 is 0 Å². The molecule has 0 aliphatic rings. The topological polar surface area (TPSA) is 121 Å². The quantitative estimate of drug-likeness (QED) is 0.705. The van der Waals surface area contributed by atoms with Crippen molar-refractivity contribution >= 4 is 11.7 Å². The summed E-state index contributed by atoms with van der Waals surface area (Å²) in [7, 11) is 0. The van der Waals surface area contributed by atoms with Gasteiger partial charge in [-0.15, -0.1) is 0 Å². The zero-order valence-electron chi connectivity index (χ0n) is 8.16. The van der Waals surface area contributed by atoms with Crippen molar-refractivity contribution < 1.29 is 4.79 Å². The average molecular weight is 216 g/mol. The van der Waals surface area contributed by atoms with Gasteiger partial charge in [0.2, 0.25) is 0 Å². The first-order valence-corrected chi connectivity index (χ1v) is 4.37. The lowest BCUT2D eigenvalue weighted by Gasteiger charge is -2.02. The van der Waals surface area contributed by atoms with E-state index < -0.39 is 5.91 Å². The predicted octanol–water partition coefficient (Wildman–Crippen LogP) is -0.385. The van der Waals surface area contributed by atoms with Crippen LogP contribution in [-0.4, -0.2) is 25.8 Å². The van der Waals surface area contributed by atoms with E-state index in [1.54, 1.807) is 12.3 Å². The van der Waals surface area contributed by atoms with E-state index in [2.05, 4.69) is 19.9 Å². The molecular weight excluding hydrogens is 208 g/mol. The number of nitrogen functional groups attached to an aromatic ring is 1. The van der Waals surface area contributed by atoms with Gasteiger partial charge in [-0.05, 0) is 6.07 Å². The summed E-state index contributed by atoms with van der Waals surface area (Å²) < 4.78 is 0. The van der Waals surface area contributed by atoms with Crippen LogP contribution in [-0.2, 0) is 0 Å². The van der Waals surface area contributed by atoms with Gasteiger partial charge in [0, 0.05) is 12.4 Å². The van der Waals surface area contributed by atoms with Crippen LogP contribution in [0, 0.1) is 0 Å². The van der Waals surface area contributed by atoms with Gasteiger partial charge >= 0.3 is 0 Å². The Balaban J connectivity index is 2.46. The van der Waals surface area contributed by atoms with E-state index in [9.17, 15) is 4.79 Å². The first kappa shape index (κ1) is 9.97. The predicted molar refractivity (Wildman–Crippen MR) is 56.0 cm³/mol. The van der Waals surface area contributed by atoms with Crippen LogP contribution < -0.4 is 11.5 Å². The van der Waals surface area contributed by atoms with E-state index in [0.717, 1.165) is 0 Å². The molecule has 2 rings (SSSR count). The lowest BCUT2D eigenvalue weighted by atomic mass is 10.3. The molecule has 2 heterocycles. The third kappa shape index (κ3) is 1.78. The Hall–Kier alpha value is -2.57. The molecule has 16 heavy (non-hydrogen) atoms. The van der Waals surface area contributed by atoms with Crippen LogP contribution in [0.2, 0.25) is 0 Å². The minimum atomic E-state index is -0.660. The van der Waals surface area contributed by atoms with Gasteiger partial charge in [-0.2, -0.15) is 0 Å². The number of nitrogens with zero attached hydrogens (tertiary/aromatic N) is 4. The fourth-order valence-electron chi connectivity index (χ4n) is 1.13. The Morgan fingerprint density at radius 1 is 1.31 bits per heavy atom. The molecule has 2 aromatic heterocycles. The minimum absolute atomic E-state index is 0.0381.